The molecule has 0 spiro atoms. The number of nitriles is 3. The van der Waals surface area contributed by atoms with Gasteiger partial charge in [-0.2, -0.15) is 15.8 Å². The summed E-state index contributed by atoms with van der Waals surface area (Å²) in [5.41, 5.74) is 7.76. The third-order valence-corrected chi connectivity index (χ3v) is 7.89. The predicted molar refractivity (Wildman–Crippen MR) is 141 cm³/mol. The molecule has 0 heterocycles. The van der Waals surface area contributed by atoms with E-state index in [0.29, 0.717) is 24.0 Å². The minimum atomic E-state index is -1.68. The van der Waals surface area contributed by atoms with Crippen molar-refractivity contribution in [3.8, 4) is 29.7 Å². The van der Waals surface area contributed by atoms with E-state index in [1.165, 1.54) is 0 Å². The smallest absolute Gasteiger partial charge is 0.191 e. The summed E-state index contributed by atoms with van der Waals surface area (Å²) >= 11 is 0. The summed E-state index contributed by atoms with van der Waals surface area (Å²) in [7, 11) is 1.57. The Balaban J connectivity index is 1.82. The molecule has 2 aliphatic carbocycles. The number of allylic oxidation sites excluding steroid dienone is 4. The first kappa shape index (κ1) is 25.9. The van der Waals surface area contributed by atoms with Gasteiger partial charge in [0.1, 0.15) is 12.7 Å². The molecule has 0 saturated carbocycles. The molecule has 0 aromatic heterocycles. The van der Waals surface area contributed by atoms with Gasteiger partial charge in [-0.1, -0.05) is 63.2 Å². The Bertz CT molecular complexity index is 1350. The van der Waals surface area contributed by atoms with Crippen LogP contribution in [0.4, 0.5) is 0 Å². The van der Waals surface area contributed by atoms with Gasteiger partial charge in [-0.05, 0) is 58.9 Å². The Kier molecular flexibility index (Phi) is 7.02. The molecule has 0 fully saturated rings. The molecule has 6 heteroatoms. The average molecular weight is 493 g/mol. The molecule has 2 aromatic carbocycles. The number of fused-ring (bicyclic) bond motifs is 1. The molecular weight excluding hydrogens is 460 g/mol. The fraction of sp³-hybridized carbons (Fsp3) is 0.387. The van der Waals surface area contributed by atoms with E-state index in [-0.39, 0.29) is 22.6 Å². The van der Waals surface area contributed by atoms with Crippen LogP contribution in [-0.2, 0) is 6.61 Å². The van der Waals surface area contributed by atoms with Gasteiger partial charge in [-0.25, -0.2) is 0 Å². The van der Waals surface area contributed by atoms with Crippen LogP contribution in [0.3, 0.4) is 0 Å². The van der Waals surface area contributed by atoms with Gasteiger partial charge in [0, 0.05) is 5.92 Å². The van der Waals surface area contributed by atoms with E-state index in [4.69, 9.17) is 15.2 Å². The summed E-state index contributed by atoms with van der Waals surface area (Å²) in [5, 5.41) is 30.8. The normalized spacial score (nSPS) is 22.5. The number of nitrogens with zero attached hydrogens (tertiary/aromatic N) is 3. The summed E-state index contributed by atoms with van der Waals surface area (Å²) in [6.45, 7) is 6.98. The fourth-order valence-electron chi connectivity index (χ4n) is 5.71. The van der Waals surface area contributed by atoms with Crippen LogP contribution in [0.1, 0.15) is 50.7 Å². The van der Waals surface area contributed by atoms with E-state index in [1.54, 1.807) is 7.11 Å². The van der Waals surface area contributed by atoms with Crippen molar-refractivity contribution < 1.29 is 9.47 Å². The van der Waals surface area contributed by atoms with Crippen molar-refractivity contribution in [3.63, 3.8) is 0 Å². The number of nitrogens with two attached hydrogens (primary N) is 1. The minimum Gasteiger partial charge on any atom is -0.493 e. The van der Waals surface area contributed by atoms with Crippen LogP contribution in [0, 0.1) is 56.7 Å². The second-order valence-electron chi connectivity index (χ2n) is 10.9. The number of methoxy groups -OCH3 is 1. The van der Waals surface area contributed by atoms with E-state index >= 15 is 0 Å². The van der Waals surface area contributed by atoms with Crippen molar-refractivity contribution in [2.24, 2.45) is 28.4 Å². The van der Waals surface area contributed by atoms with Crippen molar-refractivity contribution in [2.75, 3.05) is 7.11 Å². The standard InChI is InChI=1S/C31H32N4O2/c1-30(2,3)22-11-12-23-24(15-22)28(31(18-33,19-34)29(35)25(23)16-32)21-10-13-26(27(14-21)36-4)37-17-20-8-6-5-7-9-20/h5-10,12-14,22,24,28H,11,15,17,35H2,1-4H3/t22-,24-,28-/m0/s1. The number of hydrogen-bond donors (Lipinski definition) is 1. The third kappa shape index (κ3) is 4.54. The quantitative estimate of drug-likeness (QED) is 0.536. The monoisotopic (exact) mass is 492 g/mol. The Morgan fingerprint density at radius 2 is 1.73 bits per heavy atom. The van der Waals surface area contributed by atoms with Crippen molar-refractivity contribution in [3.05, 3.63) is 82.6 Å². The number of ether oxygens (including phenoxy) is 2. The average Bonchev–Trinajstić information content (AvgIpc) is 2.91. The zero-order valence-electron chi connectivity index (χ0n) is 21.8. The van der Waals surface area contributed by atoms with Crippen LogP contribution < -0.4 is 15.2 Å². The molecule has 0 aliphatic heterocycles. The molecular formula is C31H32N4O2. The van der Waals surface area contributed by atoms with Crippen molar-refractivity contribution >= 4 is 0 Å². The lowest BCUT2D eigenvalue weighted by Gasteiger charge is -2.47. The molecule has 2 aliphatic rings. The molecule has 0 unspecified atom stereocenters. The summed E-state index contributed by atoms with van der Waals surface area (Å²) in [6, 6.07) is 22.0. The summed E-state index contributed by atoms with van der Waals surface area (Å²) < 4.78 is 11.7. The lowest BCUT2D eigenvalue weighted by molar-refractivity contribution is 0.170. The molecule has 188 valence electrons. The van der Waals surface area contributed by atoms with Crippen LogP contribution >= 0.6 is 0 Å². The molecule has 6 nitrogen and oxygen atoms in total. The third-order valence-electron chi connectivity index (χ3n) is 7.89. The largest absolute Gasteiger partial charge is 0.493 e. The van der Waals surface area contributed by atoms with Gasteiger partial charge in [-0.15, -0.1) is 0 Å². The summed E-state index contributed by atoms with van der Waals surface area (Å²) in [6.07, 6.45) is 3.66. The molecule has 3 atom stereocenters. The topological polar surface area (TPSA) is 116 Å². The van der Waals surface area contributed by atoms with Gasteiger partial charge in [0.05, 0.1) is 30.5 Å². The summed E-state index contributed by atoms with van der Waals surface area (Å²) in [4.78, 5) is 0. The highest BCUT2D eigenvalue weighted by atomic mass is 16.5. The van der Waals surface area contributed by atoms with E-state index in [9.17, 15) is 15.8 Å². The van der Waals surface area contributed by atoms with E-state index in [0.717, 1.165) is 29.5 Å². The van der Waals surface area contributed by atoms with Gasteiger partial charge >= 0.3 is 0 Å². The van der Waals surface area contributed by atoms with Crippen LogP contribution in [0.15, 0.2) is 71.5 Å². The maximum atomic E-state index is 10.4. The zero-order valence-corrected chi connectivity index (χ0v) is 21.8. The highest BCUT2D eigenvalue weighted by molar-refractivity contribution is 5.60. The summed E-state index contributed by atoms with van der Waals surface area (Å²) in [5.74, 6) is 0.640. The highest BCUT2D eigenvalue weighted by Gasteiger charge is 2.55. The van der Waals surface area contributed by atoms with Crippen LogP contribution in [0.5, 0.6) is 11.5 Å². The van der Waals surface area contributed by atoms with Gasteiger partial charge < -0.3 is 15.2 Å². The lowest BCUT2D eigenvalue weighted by Crippen LogP contribution is -2.44. The van der Waals surface area contributed by atoms with Crippen molar-refractivity contribution in [1.82, 2.24) is 0 Å². The molecule has 0 amide bonds. The molecule has 0 saturated heterocycles. The first-order valence-corrected chi connectivity index (χ1v) is 12.5. The Hall–Kier alpha value is -4.21. The lowest BCUT2D eigenvalue weighted by atomic mass is 9.54. The SMILES string of the molecule is COc1cc([C@H]2[C@H]3C[C@@H](C(C)(C)C)CC=C3C(C#N)=C(N)C2(C#N)C#N)ccc1OCc1ccccc1. The molecule has 0 bridgehead atoms. The Morgan fingerprint density at radius 3 is 2.32 bits per heavy atom. The van der Waals surface area contributed by atoms with Crippen LogP contribution in [0.25, 0.3) is 0 Å². The van der Waals surface area contributed by atoms with Gasteiger partial charge in [0.25, 0.3) is 0 Å². The van der Waals surface area contributed by atoms with E-state index < -0.39 is 11.3 Å². The second-order valence-corrected chi connectivity index (χ2v) is 10.9. The number of rotatable bonds is 5. The van der Waals surface area contributed by atoms with E-state index in [1.807, 2.05) is 48.5 Å². The van der Waals surface area contributed by atoms with E-state index in [2.05, 4.69) is 45.1 Å². The molecule has 2 aromatic rings. The zero-order chi connectivity index (χ0) is 26.8. The van der Waals surface area contributed by atoms with Gasteiger partial charge in [0.15, 0.2) is 16.9 Å². The predicted octanol–water partition coefficient (Wildman–Crippen LogP) is 6.14. The highest BCUT2D eigenvalue weighted by Crippen LogP contribution is 2.58. The van der Waals surface area contributed by atoms with Crippen LogP contribution in [0.2, 0.25) is 0 Å². The minimum absolute atomic E-state index is 0.0286. The second kappa shape index (κ2) is 10.0. The maximum Gasteiger partial charge on any atom is 0.191 e. The molecule has 2 N–H and O–H groups in total. The van der Waals surface area contributed by atoms with Crippen molar-refractivity contribution in [1.29, 1.82) is 15.8 Å². The molecule has 4 rings (SSSR count). The number of hydrogen-bond acceptors (Lipinski definition) is 6. The molecule has 0 radical (unpaired) electrons. The first-order valence-electron chi connectivity index (χ1n) is 12.5. The first-order chi connectivity index (χ1) is 17.7. The Labute approximate surface area is 219 Å². The van der Waals surface area contributed by atoms with Gasteiger partial charge in [-0.3, -0.25) is 0 Å². The Morgan fingerprint density at radius 1 is 1.03 bits per heavy atom. The fourth-order valence-corrected chi connectivity index (χ4v) is 5.71. The van der Waals surface area contributed by atoms with Gasteiger partial charge in [0.2, 0.25) is 0 Å². The van der Waals surface area contributed by atoms with Crippen molar-refractivity contribution in [2.45, 2.75) is 46.1 Å². The maximum absolute atomic E-state index is 10.4. The van der Waals surface area contributed by atoms with Crippen LogP contribution in [-0.4, -0.2) is 7.11 Å². The number of benzene rings is 2. The molecule has 37 heavy (non-hydrogen) atoms.